The van der Waals surface area contributed by atoms with Crippen LogP contribution in [0.1, 0.15) is 58.4 Å². The van der Waals surface area contributed by atoms with Crippen LogP contribution in [-0.4, -0.2) is 40.5 Å². The molecule has 214 valence electrons. The van der Waals surface area contributed by atoms with E-state index < -0.39 is 13.9 Å². The number of fused-ring (bicyclic) bond motifs is 1. The van der Waals surface area contributed by atoms with Crippen molar-refractivity contribution in [2.75, 3.05) is 5.32 Å². The first-order chi connectivity index (χ1) is 18.7. The van der Waals surface area contributed by atoms with E-state index in [9.17, 15) is 5.11 Å². The highest BCUT2D eigenvalue weighted by atomic mass is 79.9. The molecule has 4 aliphatic carbocycles. The minimum atomic E-state index is -2.00. The normalized spacial score (nSPS) is 28.4. The third-order valence-corrected chi connectivity index (χ3v) is 14.9. The summed E-state index contributed by atoms with van der Waals surface area (Å²) in [5.74, 6) is 2.61. The summed E-state index contributed by atoms with van der Waals surface area (Å²) in [5.41, 5.74) is 9.37. The van der Waals surface area contributed by atoms with Crippen LogP contribution in [0.4, 0.5) is 11.4 Å². The Hall–Kier alpha value is -2.07. The first kappa shape index (κ1) is 28.1. The van der Waals surface area contributed by atoms with Crippen molar-refractivity contribution < 1.29 is 9.53 Å². The van der Waals surface area contributed by atoms with Gasteiger partial charge in [-0.3, -0.25) is 0 Å². The van der Waals surface area contributed by atoms with Crippen LogP contribution >= 0.6 is 27.5 Å². The summed E-state index contributed by atoms with van der Waals surface area (Å²) in [4.78, 5) is 4.76. The molecule has 7 rings (SSSR count). The summed E-state index contributed by atoms with van der Waals surface area (Å²) >= 11 is 10.3. The third kappa shape index (κ3) is 5.08. The number of aliphatic hydroxyl groups is 1. The molecule has 40 heavy (non-hydrogen) atoms. The van der Waals surface area contributed by atoms with Gasteiger partial charge in [-0.15, -0.1) is 0 Å². The Morgan fingerprint density at radius 1 is 1.23 bits per heavy atom. The number of nitrogens with one attached hydrogen (secondary N) is 1. The molecular weight excluding hydrogens is 606 g/mol. The van der Waals surface area contributed by atoms with Crippen molar-refractivity contribution >= 4 is 58.6 Å². The Balaban J connectivity index is 1.33. The molecule has 2 unspecified atom stereocenters. The second-order valence-electron chi connectivity index (χ2n) is 13.8. The van der Waals surface area contributed by atoms with Crippen molar-refractivity contribution in [3.8, 4) is 5.75 Å². The van der Waals surface area contributed by atoms with E-state index in [4.69, 9.17) is 26.8 Å². The highest BCUT2D eigenvalue weighted by Crippen LogP contribution is 2.56. The fourth-order valence-corrected chi connectivity index (χ4v) is 8.68. The summed E-state index contributed by atoms with van der Waals surface area (Å²) in [5, 5.41) is 20.2. The average molecular weight is 645 g/mol. The minimum Gasteiger partial charge on any atom is -0.543 e. The van der Waals surface area contributed by atoms with Crippen molar-refractivity contribution in [2.24, 2.45) is 28.5 Å². The average Bonchev–Trinajstić information content (AvgIpc) is 3.21. The Morgan fingerprint density at radius 2 is 1.93 bits per heavy atom. The van der Waals surface area contributed by atoms with Gasteiger partial charge >= 0.3 is 0 Å². The van der Waals surface area contributed by atoms with Gasteiger partial charge in [0, 0.05) is 16.7 Å². The summed E-state index contributed by atoms with van der Waals surface area (Å²) in [6.07, 6.45) is 8.73. The second-order valence-corrected chi connectivity index (χ2v) is 19.8. The van der Waals surface area contributed by atoms with Crippen LogP contribution < -0.4 is 15.5 Å². The van der Waals surface area contributed by atoms with E-state index in [1.54, 1.807) is 6.20 Å². The van der Waals surface area contributed by atoms with Crippen LogP contribution in [0.5, 0.6) is 5.75 Å². The lowest BCUT2D eigenvalue weighted by atomic mass is 9.52. The molecule has 0 amide bonds. The zero-order valence-electron chi connectivity index (χ0n) is 23.8. The van der Waals surface area contributed by atoms with Gasteiger partial charge in [-0.1, -0.05) is 32.4 Å². The lowest BCUT2D eigenvalue weighted by Gasteiger charge is -2.58. The maximum atomic E-state index is 11.1. The third-order valence-electron chi connectivity index (χ3n) is 9.77. The number of benzene rings is 1. The van der Waals surface area contributed by atoms with Crippen LogP contribution in [0.15, 0.2) is 46.1 Å². The predicted molar refractivity (Wildman–Crippen MR) is 168 cm³/mol. The number of aromatic nitrogens is 2. The Kier molecular flexibility index (Phi) is 6.84. The van der Waals surface area contributed by atoms with Gasteiger partial charge in [0.25, 0.3) is 0 Å². The molecule has 0 radical (unpaired) electrons. The van der Waals surface area contributed by atoms with Gasteiger partial charge in [-0.25, -0.2) is 9.51 Å². The standard InChI is InChI=1S/C30H39BrClN5O2Si/c1-29(2,3)40(4,5)39-21-6-7-24(23(32)11-21)35-28(33)22-15-34-37-16-20(31)10-25(37)27(22)36-26-18-8-17-9-19(26)14-30(38,12-17)13-18/h6-7,10-11,15-19,26,36,38H,8-9,12-14H2,1-5H3,(H2,33,35). The molecule has 2 heterocycles. The van der Waals surface area contributed by atoms with Gasteiger partial charge < -0.3 is 20.6 Å². The molecule has 7 nitrogen and oxygen atoms in total. The zero-order chi connectivity index (χ0) is 28.6. The molecule has 0 saturated heterocycles. The molecule has 4 fully saturated rings. The first-order valence-electron chi connectivity index (χ1n) is 14.2. The number of halogens is 2. The molecule has 4 saturated carbocycles. The summed E-state index contributed by atoms with van der Waals surface area (Å²) in [6.45, 7) is 11.1. The van der Waals surface area contributed by atoms with Crippen LogP contribution in [0.3, 0.4) is 0 Å². The molecule has 4 N–H and O–H groups in total. The molecule has 10 heteroatoms. The van der Waals surface area contributed by atoms with Gasteiger partial charge in [-0.05, 0) is 108 Å². The van der Waals surface area contributed by atoms with E-state index >= 15 is 0 Å². The van der Waals surface area contributed by atoms with Crippen molar-refractivity contribution in [1.29, 1.82) is 0 Å². The SMILES string of the molecule is CC(C)(C)[Si](C)(C)Oc1ccc(/N=C(\N)c2cnn3cc(Br)cc3c2NC2C3CC4CC2CC(O)(C4)C3)c(Cl)c1. The highest BCUT2D eigenvalue weighted by molar-refractivity contribution is 9.10. The van der Waals surface area contributed by atoms with Gasteiger partial charge in [0.05, 0.1) is 39.3 Å². The van der Waals surface area contributed by atoms with Crippen LogP contribution in [0, 0.1) is 17.8 Å². The topological polar surface area (TPSA) is 97.2 Å². The Bertz CT molecular complexity index is 1480. The molecule has 3 aromatic rings. The molecule has 1 aromatic carbocycles. The van der Waals surface area contributed by atoms with Crippen LogP contribution in [-0.2, 0) is 0 Å². The maximum Gasteiger partial charge on any atom is 0.250 e. The zero-order valence-corrected chi connectivity index (χ0v) is 27.2. The smallest absolute Gasteiger partial charge is 0.250 e. The molecule has 0 aliphatic heterocycles. The second kappa shape index (κ2) is 9.75. The summed E-state index contributed by atoms with van der Waals surface area (Å²) in [7, 11) is -2.00. The molecule has 0 spiro atoms. The van der Waals surface area contributed by atoms with Gasteiger partial charge in [0.2, 0.25) is 8.32 Å². The van der Waals surface area contributed by atoms with E-state index in [2.05, 4.69) is 66.3 Å². The molecule has 4 aliphatic rings. The predicted octanol–water partition coefficient (Wildman–Crippen LogP) is 7.52. The number of nitrogens with two attached hydrogens (primary N) is 1. The van der Waals surface area contributed by atoms with Crippen molar-refractivity contribution in [3.05, 3.63) is 51.7 Å². The first-order valence-corrected chi connectivity index (χ1v) is 18.3. The largest absolute Gasteiger partial charge is 0.543 e. The summed E-state index contributed by atoms with van der Waals surface area (Å²) in [6, 6.07) is 7.94. The quantitative estimate of drug-likeness (QED) is 0.147. The van der Waals surface area contributed by atoms with Crippen molar-refractivity contribution in [1.82, 2.24) is 9.61 Å². The lowest BCUT2D eigenvalue weighted by Crippen LogP contribution is -2.59. The molecular formula is C30H39BrClN5O2Si. The van der Waals surface area contributed by atoms with E-state index in [1.807, 2.05) is 28.9 Å². The van der Waals surface area contributed by atoms with Crippen LogP contribution in [0.25, 0.3) is 5.52 Å². The van der Waals surface area contributed by atoms with E-state index in [0.29, 0.717) is 34.3 Å². The lowest BCUT2D eigenvalue weighted by molar-refractivity contribution is -0.129. The number of rotatable bonds is 6. The number of hydrogen-bond donors (Lipinski definition) is 3. The monoisotopic (exact) mass is 643 g/mol. The van der Waals surface area contributed by atoms with Crippen molar-refractivity contribution in [3.63, 3.8) is 0 Å². The fourth-order valence-electron chi connectivity index (χ4n) is 7.03. The van der Waals surface area contributed by atoms with Gasteiger partial charge in [0.15, 0.2) is 0 Å². The van der Waals surface area contributed by atoms with Gasteiger partial charge in [-0.2, -0.15) is 5.10 Å². The van der Waals surface area contributed by atoms with E-state index in [-0.39, 0.29) is 11.1 Å². The van der Waals surface area contributed by atoms with Crippen LogP contribution in [0.2, 0.25) is 23.2 Å². The summed E-state index contributed by atoms with van der Waals surface area (Å²) < 4.78 is 9.22. The Morgan fingerprint density at radius 3 is 2.55 bits per heavy atom. The molecule has 2 aromatic heterocycles. The van der Waals surface area contributed by atoms with E-state index in [0.717, 1.165) is 46.3 Å². The number of anilines is 1. The minimum absolute atomic E-state index is 0.0819. The molecule has 4 bridgehead atoms. The number of aliphatic imine (C=N–C) groups is 1. The highest BCUT2D eigenvalue weighted by Gasteiger charge is 2.54. The van der Waals surface area contributed by atoms with Crippen molar-refractivity contribution in [2.45, 2.75) is 82.7 Å². The fraction of sp³-hybridized carbons (Fsp3) is 0.533. The number of hydrogen-bond acceptors (Lipinski definition) is 5. The number of nitrogens with zero attached hydrogens (tertiary/aromatic N) is 3. The van der Waals surface area contributed by atoms with Gasteiger partial charge in [0.1, 0.15) is 11.6 Å². The molecule has 2 atom stereocenters. The number of amidine groups is 1. The Labute approximate surface area is 250 Å². The maximum absolute atomic E-state index is 11.1. The van der Waals surface area contributed by atoms with E-state index in [1.165, 1.54) is 12.8 Å².